The molecule has 2 aromatic heterocycles. The van der Waals surface area contributed by atoms with Gasteiger partial charge in [-0.05, 0) is 42.8 Å². The highest BCUT2D eigenvalue weighted by molar-refractivity contribution is 5.77. The van der Waals surface area contributed by atoms with E-state index in [9.17, 15) is 4.79 Å². The SMILES string of the molecule is COc1ccc(-c2noc(-c3cccn3CC(=O)NC(C)c3ccccc3)n2)cc1OC. The van der Waals surface area contributed by atoms with Gasteiger partial charge in [-0.3, -0.25) is 4.79 Å². The summed E-state index contributed by atoms with van der Waals surface area (Å²) in [6.07, 6.45) is 1.81. The second-order valence-corrected chi connectivity index (χ2v) is 7.21. The first kappa shape index (κ1) is 21.2. The number of aromatic nitrogens is 3. The van der Waals surface area contributed by atoms with E-state index < -0.39 is 0 Å². The van der Waals surface area contributed by atoms with Crippen molar-refractivity contribution in [2.24, 2.45) is 0 Å². The Bertz CT molecular complexity index is 1200. The van der Waals surface area contributed by atoms with E-state index in [1.165, 1.54) is 0 Å². The van der Waals surface area contributed by atoms with Crippen molar-refractivity contribution in [2.75, 3.05) is 14.2 Å². The molecule has 0 spiro atoms. The average molecular weight is 432 g/mol. The van der Waals surface area contributed by atoms with Gasteiger partial charge in [0.25, 0.3) is 5.89 Å². The molecule has 4 rings (SSSR count). The molecule has 1 N–H and O–H groups in total. The number of ether oxygens (including phenoxy) is 2. The molecule has 0 saturated carbocycles. The second-order valence-electron chi connectivity index (χ2n) is 7.21. The molecule has 0 radical (unpaired) electrons. The lowest BCUT2D eigenvalue weighted by Gasteiger charge is -2.15. The van der Waals surface area contributed by atoms with Crippen LogP contribution in [0.5, 0.6) is 11.5 Å². The molecular weight excluding hydrogens is 408 g/mol. The number of hydrogen-bond donors (Lipinski definition) is 1. The monoisotopic (exact) mass is 432 g/mol. The maximum Gasteiger partial charge on any atom is 0.274 e. The van der Waals surface area contributed by atoms with Crippen LogP contribution in [0.1, 0.15) is 18.5 Å². The van der Waals surface area contributed by atoms with Crippen LogP contribution < -0.4 is 14.8 Å². The Morgan fingerprint density at radius 2 is 1.84 bits per heavy atom. The largest absolute Gasteiger partial charge is 0.493 e. The third-order valence-corrected chi connectivity index (χ3v) is 5.11. The van der Waals surface area contributed by atoms with Gasteiger partial charge in [0.2, 0.25) is 11.7 Å². The molecule has 2 heterocycles. The molecule has 2 aromatic carbocycles. The van der Waals surface area contributed by atoms with Crippen molar-refractivity contribution in [3.8, 4) is 34.5 Å². The summed E-state index contributed by atoms with van der Waals surface area (Å²) in [4.78, 5) is 17.1. The minimum Gasteiger partial charge on any atom is -0.493 e. The van der Waals surface area contributed by atoms with E-state index in [1.54, 1.807) is 30.9 Å². The number of amides is 1. The molecule has 4 aromatic rings. The summed E-state index contributed by atoms with van der Waals surface area (Å²) in [6, 6.07) is 18.8. The molecule has 0 bridgehead atoms. The van der Waals surface area contributed by atoms with Gasteiger partial charge in [0.1, 0.15) is 12.2 Å². The van der Waals surface area contributed by atoms with E-state index in [0.29, 0.717) is 28.9 Å². The molecule has 0 fully saturated rings. The average Bonchev–Trinajstić information content (AvgIpc) is 3.48. The fourth-order valence-electron chi connectivity index (χ4n) is 3.43. The zero-order valence-corrected chi connectivity index (χ0v) is 18.1. The number of methoxy groups -OCH3 is 2. The van der Waals surface area contributed by atoms with Gasteiger partial charge >= 0.3 is 0 Å². The number of hydrogen-bond acceptors (Lipinski definition) is 6. The van der Waals surface area contributed by atoms with Gasteiger partial charge in [0, 0.05) is 11.8 Å². The molecule has 0 saturated heterocycles. The lowest BCUT2D eigenvalue weighted by atomic mass is 10.1. The number of nitrogens with one attached hydrogen (secondary N) is 1. The van der Waals surface area contributed by atoms with Crippen LogP contribution in [0.3, 0.4) is 0 Å². The number of carbonyl (C=O) groups excluding carboxylic acids is 1. The predicted molar refractivity (Wildman–Crippen MR) is 119 cm³/mol. The predicted octanol–water partition coefficient (Wildman–Crippen LogP) is 4.10. The highest BCUT2D eigenvalue weighted by Gasteiger charge is 2.17. The summed E-state index contributed by atoms with van der Waals surface area (Å²) >= 11 is 0. The summed E-state index contributed by atoms with van der Waals surface area (Å²) < 4.78 is 17.9. The highest BCUT2D eigenvalue weighted by Crippen LogP contribution is 2.32. The van der Waals surface area contributed by atoms with Gasteiger partial charge in [-0.2, -0.15) is 4.98 Å². The standard InChI is InChI=1S/C24H24N4O4/c1-16(17-8-5-4-6-9-17)25-22(29)15-28-13-7-10-19(28)24-26-23(27-32-24)18-11-12-20(30-2)21(14-18)31-3/h4-14,16H,15H2,1-3H3,(H,25,29). The molecule has 1 amide bonds. The molecule has 8 heteroatoms. The molecule has 8 nitrogen and oxygen atoms in total. The van der Waals surface area contributed by atoms with Crippen molar-refractivity contribution < 1.29 is 18.8 Å². The van der Waals surface area contributed by atoms with E-state index in [-0.39, 0.29) is 18.5 Å². The lowest BCUT2D eigenvalue weighted by Crippen LogP contribution is -2.30. The molecular formula is C24H24N4O4. The van der Waals surface area contributed by atoms with E-state index in [2.05, 4.69) is 15.5 Å². The third kappa shape index (κ3) is 4.49. The lowest BCUT2D eigenvalue weighted by molar-refractivity contribution is -0.122. The molecule has 1 atom stereocenters. The normalized spacial score (nSPS) is 11.7. The minimum atomic E-state index is -0.113. The van der Waals surface area contributed by atoms with Gasteiger partial charge in [-0.25, -0.2) is 0 Å². The number of carbonyl (C=O) groups is 1. The Kier molecular flexibility index (Phi) is 6.21. The quantitative estimate of drug-likeness (QED) is 0.451. The third-order valence-electron chi connectivity index (χ3n) is 5.11. The van der Waals surface area contributed by atoms with Gasteiger partial charge in [0.15, 0.2) is 11.5 Å². The first-order valence-electron chi connectivity index (χ1n) is 10.1. The van der Waals surface area contributed by atoms with Crippen LogP contribution in [0.15, 0.2) is 71.4 Å². The molecule has 0 aliphatic rings. The van der Waals surface area contributed by atoms with Gasteiger partial charge in [-0.1, -0.05) is 35.5 Å². The summed E-state index contributed by atoms with van der Waals surface area (Å²) in [5, 5.41) is 7.10. The van der Waals surface area contributed by atoms with Crippen LogP contribution in [0.2, 0.25) is 0 Å². The summed E-state index contributed by atoms with van der Waals surface area (Å²) in [5.74, 6) is 1.81. The van der Waals surface area contributed by atoms with Gasteiger partial charge < -0.3 is 23.9 Å². The van der Waals surface area contributed by atoms with Crippen LogP contribution in [-0.4, -0.2) is 34.8 Å². The molecule has 0 aliphatic heterocycles. The fourth-order valence-corrected chi connectivity index (χ4v) is 3.43. The van der Waals surface area contributed by atoms with Crippen molar-refractivity contribution >= 4 is 5.91 Å². The van der Waals surface area contributed by atoms with Crippen LogP contribution in [0, 0.1) is 0 Å². The van der Waals surface area contributed by atoms with Crippen molar-refractivity contribution in [1.82, 2.24) is 20.0 Å². The zero-order valence-electron chi connectivity index (χ0n) is 18.1. The summed E-state index contributed by atoms with van der Waals surface area (Å²) in [7, 11) is 3.15. The Labute approximate surface area is 185 Å². The van der Waals surface area contributed by atoms with E-state index in [4.69, 9.17) is 14.0 Å². The summed E-state index contributed by atoms with van der Waals surface area (Å²) in [6.45, 7) is 2.09. The summed E-state index contributed by atoms with van der Waals surface area (Å²) in [5.41, 5.74) is 2.43. The maximum absolute atomic E-state index is 12.6. The first-order chi connectivity index (χ1) is 15.6. The number of benzene rings is 2. The Hall–Kier alpha value is -4.07. The van der Waals surface area contributed by atoms with Crippen LogP contribution >= 0.6 is 0 Å². The fraction of sp³-hybridized carbons (Fsp3) is 0.208. The van der Waals surface area contributed by atoms with E-state index >= 15 is 0 Å². The van der Waals surface area contributed by atoms with Crippen LogP contribution in [-0.2, 0) is 11.3 Å². The van der Waals surface area contributed by atoms with Gasteiger partial charge in [0.05, 0.1) is 20.3 Å². The van der Waals surface area contributed by atoms with E-state index in [0.717, 1.165) is 11.1 Å². The number of rotatable bonds is 8. The van der Waals surface area contributed by atoms with Gasteiger partial charge in [-0.15, -0.1) is 0 Å². The first-order valence-corrected chi connectivity index (χ1v) is 10.1. The van der Waals surface area contributed by atoms with Crippen molar-refractivity contribution in [3.05, 3.63) is 72.4 Å². The van der Waals surface area contributed by atoms with Crippen LogP contribution in [0.4, 0.5) is 0 Å². The second kappa shape index (κ2) is 9.38. The Morgan fingerprint density at radius 1 is 1.06 bits per heavy atom. The highest BCUT2D eigenvalue weighted by atomic mass is 16.5. The smallest absolute Gasteiger partial charge is 0.274 e. The van der Waals surface area contributed by atoms with Crippen molar-refractivity contribution in [1.29, 1.82) is 0 Å². The maximum atomic E-state index is 12.6. The molecule has 164 valence electrons. The zero-order chi connectivity index (χ0) is 22.5. The van der Waals surface area contributed by atoms with Crippen molar-refractivity contribution in [2.45, 2.75) is 19.5 Å². The minimum absolute atomic E-state index is 0.0947. The molecule has 1 unspecified atom stereocenters. The number of nitrogens with zero attached hydrogens (tertiary/aromatic N) is 3. The topological polar surface area (TPSA) is 91.4 Å². The Balaban J connectivity index is 1.49. The van der Waals surface area contributed by atoms with Crippen LogP contribution in [0.25, 0.3) is 23.0 Å². The molecule has 0 aliphatic carbocycles. The van der Waals surface area contributed by atoms with Crippen molar-refractivity contribution in [3.63, 3.8) is 0 Å². The Morgan fingerprint density at radius 3 is 2.59 bits per heavy atom. The van der Waals surface area contributed by atoms with E-state index in [1.807, 2.05) is 61.7 Å². The molecule has 32 heavy (non-hydrogen) atoms.